The lowest BCUT2D eigenvalue weighted by molar-refractivity contribution is 0.865. The quantitative estimate of drug-likeness (QED) is 0.746. The van der Waals surface area contributed by atoms with Crippen LogP contribution in [0.4, 0.5) is 0 Å². The monoisotopic (exact) mass is 306 g/mol. The van der Waals surface area contributed by atoms with Crippen LogP contribution >= 0.6 is 0 Å². The van der Waals surface area contributed by atoms with Crippen molar-refractivity contribution in [3.8, 4) is 5.82 Å². The topological polar surface area (TPSA) is 60.7 Å². The van der Waals surface area contributed by atoms with Gasteiger partial charge in [-0.1, -0.05) is 19.1 Å². The lowest BCUT2D eigenvalue weighted by Gasteiger charge is -2.13. The number of rotatable bonds is 3. The van der Waals surface area contributed by atoms with E-state index in [2.05, 4.69) is 33.2 Å². The van der Waals surface area contributed by atoms with Gasteiger partial charge in [0, 0.05) is 17.8 Å². The summed E-state index contributed by atoms with van der Waals surface area (Å²) < 4.78 is 1.60. The van der Waals surface area contributed by atoms with Crippen LogP contribution in [-0.4, -0.2) is 19.5 Å². The first kappa shape index (κ1) is 14.1. The lowest BCUT2D eigenvalue weighted by atomic mass is 10.1. The van der Waals surface area contributed by atoms with E-state index in [1.165, 1.54) is 18.4 Å². The molecule has 0 unspecified atom stereocenters. The summed E-state index contributed by atoms with van der Waals surface area (Å²) in [6.07, 6.45) is 6.43. The molecule has 0 aliphatic heterocycles. The van der Waals surface area contributed by atoms with Gasteiger partial charge >= 0.3 is 5.69 Å². The maximum Gasteiger partial charge on any atom is 0.354 e. The van der Waals surface area contributed by atoms with Gasteiger partial charge in [0.2, 0.25) is 0 Å². The van der Waals surface area contributed by atoms with Crippen molar-refractivity contribution in [2.24, 2.45) is 0 Å². The maximum atomic E-state index is 12.6. The molecule has 0 saturated heterocycles. The van der Waals surface area contributed by atoms with Crippen LogP contribution in [0, 0.1) is 6.92 Å². The molecule has 1 aliphatic rings. The normalized spacial score (nSPS) is 14.3. The summed E-state index contributed by atoms with van der Waals surface area (Å²) in [6, 6.07) is 6.39. The molecule has 1 aliphatic carbocycles. The highest BCUT2D eigenvalue weighted by Gasteiger charge is 2.24. The average Bonchev–Trinajstić information content (AvgIpc) is 3.40. The van der Waals surface area contributed by atoms with Crippen LogP contribution in [0.2, 0.25) is 0 Å². The molecule has 5 nitrogen and oxygen atoms in total. The predicted molar refractivity (Wildman–Crippen MR) is 89.0 cm³/mol. The second kappa shape index (κ2) is 5.26. The minimum absolute atomic E-state index is 0.286. The number of benzene rings is 1. The number of hydrogen-bond donors (Lipinski definition) is 0. The molecule has 4 rings (SSSR count). The Balaban J connectivity index is 2.09. The van der Waals surface area contributed by atoms with Crippen LogP contribution < -0.4 is 5.69 Å². The van der Waals surface area contributed by atoms with Crippen LogP contribution in [0.5, 0.6) is 0 Å². The Kier molecular flexibility index (Phi) is 3.22. The van der Waals surface area contributed by atoms with E-state index in [0.29, 0.717) is 11.7 Å². The standard InChI is InChI=1S/C18H18N4O/c1-3-15-14-7-6-13(12-4-5-12)10-16(14)22(18(23)21-15)17-11(2)19-8-9-20-17/h6-10,12H,3-5H2,1-2H3. The molecule has 0 bridgehead atoms. The highest BCUT2D eigenvalue weighted by atomic mass is 16.1. The molecule has 0 N–H and O–H groups in total. The fourth-order valence-corrected chi connectivity index (χ4v) is 3.07. The molecule has 3 aromatic rings. The largest absolute Gasteiger partial charge is 0.354 e. The van der Waals surface area contributed by atoms with Crippen molar-refractivity contribution >= 4 is 10.9 Å². The zero-order valence-electron chi connectivity index (χ0n) is 13.3. The van der Waals surface area contributed by atoms with Crippen LogP contribution in [0.15, 0.2) is 35.4 Å². The Bertz CT molecular complexity index is 957. The minimum Gasteiger partial charge on any atom is -0.256 e. The average molecular weight is 306 g/mol. The number of aryl methyl sites for hydroxylation is 2. The van der Waals surface area contributed by atoms with E-state index in [1.807, 2.05) is 13.8 Å². The zero-order valence-corrected chi connectivity index (χ0v) is 13.3. The van der Waals surface area contributed by atoms with Gasteiger partial charge in [0.25, 0.3) is 0 Å². The third-order valence-electron chi connectivity index (χ3n) is 4.45. The van der Waals surface area contributed by atoms with E-state index < -0.39 is 0 Å². The van der Waals surface area contributed by atoms with E-state index in [-0.39, 0.29) is 5.69 Å². The zero-order chi connectivity index (χ0) is 16.0. The van der Waals surface area contributed by atoms with E-state index in [9.17, 15) is 4.79 Å². The summed E-state index contributed by atoms with van der Waals surface area (Å²) in [6.45, 7) is 3.88. The maximum absolute atomic E-state index is 12.6. The number of hydrogen-bond acceptors (Lipinski definition) is 4. The molecule has 0 radical (unpaired) electrons. The Morgan fingerprint density at radius 2 is 2.00 bits per heavy atom. The first-order valence-electron chi connectivity index (χ1n) is 8.02. The van der Waals surface area contributed by atoms with Gasteiger partial charge in [0.15, 0.2) is 5.82 Å². The highest BCUT2D eigenvalue weighted by Crippen LogP contribution is 2.41. The highest BCUT2D eigenvalue weighted by molar-refractivity contribution is 5.83. The Morgan fingerprint density at radius 3 is 2.70 bits per heavy atom. The van der Waals surface area contributed by atoms with Crippen LogP contribution in [-0.2, 0) is 6.42 Å². The SMILES string of the molecule is CCc1nc(=O)n(-c2nccnc2C)c2cc(C3CC3)ccc12. The first-order chi connectivity index (χ1) is 11.2. The fraction of sp³-hybridized carbons (Fsp3) is 0.333. The van der Waals surface area contributed by atoms with Crippen molar-refractivity contribution in [1.82, 2.24) is 19.5 Å². The van der Waals surface area contributed by atoms with Crippen molar-refractivity contribution in [3.63, 3.8) is 0 Å². The molecule has 23 heavy (non-hydrogen) atoms. The van der Waals surface area contributed by atoms with Crippen molar-refractivity contribution in [3.05, 3.63) is 58.0 Å². The van der Waals surface area contributed by atoms with Crippen molar-refractivity contribution in [2.75, 3.05) is 0 Å². The summed E-state index contributed by atoms with van der Waals surface area (Å²) >= 11 is 0. The summed E-state index contributed by atoms with van der Waals surface area (Å²) in [5, 5.41) is 1.02. The minimum atomic E-state index is -0.286. The van der Waals surface area contributed by atoms with Gasteiger partial charge in [-0.15, -0.1) is 0 Å². The van der Waals surface area contributed by atoms with Gasteiger partial charge in [-0.2, -0.15) is 4.98 Å². The number of aromatic nitrogens is 4. The second-order valence-electron chi connectivity index (χ2n) is 6.05. The predicted octanol–water partition coefficient (Wildman–Crippen LogP) is 2.92. The van der Waals surface area contributed by atoms with Gasteiger partial charge in [0.05, 0.1) is 16.9 Å². The van der Waals surface area contributed by atoms with E-state index >= 15 is 0 Å². The molecule has 0 atom stereocenters. The molecule has 1 saturated carbocycles. The third-order valence-corrected chi connectivity index (χ3v) is 4.45. The van der Waals surface area contributed by atoms with Crippen molar-refractivity contribution in [1.29, 1.82) is 0 Å². The second-order valence-corrected chi connectivity index (χ2v) is 6.05. The molecule has 0 amide bonds. The molecule has 1 aromatic carbocycles. The van der Waals surface area contributed by atoms with Gasteiger partial charge in [-0.3, -0.25) is 4.98 Å². The van der Waals surface area contributed by atoms with E-state index in [0.717, 1.165) is 28.7 Å². The molecule has 0 spiro atoms. The van der Waals surface area contributed by atoms with Crippen LogP contribution in [0.25, 0.3) is 16.7 Å². The molecule has 116 valence electrons. The number of fused-ring (bicyclic) bond motifs is 1. The molecular formula is C18H18N4O. The Hall–Kier alpha value is -2.56. The molecule has 2 aromatic heterocycles. The summed E-state index contributed by atoms with van der Waals surface area (Å²) in [5.74, 6) is 1.19. The first-order valence-corrected chi connectivity index (χ1v) is 8.02. The van der Waals surface area contributed by atoms with E-state index in [4.69, 9.17) is 0 Å². The smallest absolute Gasteiger partial charge is 0.256 e. The third kappa shape index (κ3) is 2.32. The lowest BCUT2D eigenvalue weighted by Crippen LogP contribution is -2.25. The molecule has 1 fully saturated rings. The summed E-state index contributed by atoms with van der Waals surface area (Å²) in [7, 11) is 0. The van der Waals surface area contributed by atoms with Gasteiger partial charge in [0.1, 0.15) is 0 Å². The summed E-state index contributed by atoms with van der Waals surface area (Å²) in [5.41, 5.74) is 3.45. The van der Waals surface area contributed by atoms with Crippen molar-refractivity contribution < 1.29 is 0 Å². The summed E-state index contributed by atoms with van der Waals surface area (Å²) in [4.78, 5) is 25.5. The van der Waals surface area contributed by atoms with Crippen LogP contribution in [0.1, 0.15) is 42.6 Å². The van der Waals surface area contributed by atoms with Gasteiger partial charge < -0.3 is 0 Å². The Labute approximate surface area is 134 Å². The van der Waals surface area contributed by atoms with Crippen LogP contribution in [0.3, 0.4) is 0 Å². The van der Waals surface area contributed by atoms with E-state index in [1.54, 1.807) is 17.0 Å². The van der Waals surface area contributed by atoms with Gasteiger partial charge in [-0.25, -0.2) is 14.3 Å². The molecular weight excluding hydrogens is 288 g/mol. The van der Waals surface area contributed by atoms with Crippen molar-refractivity contribution in [2.45, 2.75) is 39.0 Å². The number of nitrogens with zero attached hydrogens (tertiary/aromatic N) is 4. The van der Waals surface area contributed by atoms with Gasteiger partial charge in [-0.05, 0) is 43.7 Å². The Morgan fingerprint density at radius 1 is 1.22 bits per heavy atom. The molecule has 2 heterocycles. The fourth-order valence-electron chi connectivity index (χ4n) is 3.07. The molecule has 5 heteroatoms.